The summed E-state index contributed by atoms with van der Waals surface area (Å²) in [7, 11) is -3.13. The third-order valence-electron chi connectivity index (χ3n) is 4.32. The zero-order valence-corrected chi connectivity index (χ0v) is 16.1. The average molecular weight is 383 g/mol. The topological polar surface area (TPSA) is 101 Å². The molecule has 1 aromatic rings. The van der Waals surface area contributed by atoms with Crippen molar-refractivity contribution in [2.75, 3.05) is 24.7 Å². The highest BCUT2D eigenvalue weighted by Gasteiger charge is 2.35. The number of ether oxygens (including phenoxy) is 1. The second kappa shape index (κ2) is 8.07. The Bertz CT molecular complexity index is 787. The number of carbonyl (C=O) groups is 2. The number of phenolic OH excluding ortho intramolecular Hbond substituents is 1. The van der Waals surface area contributed by atoms with Crippen molar-refractivity contribution in [3.63, 3.8) is 0 Å². The van der Waals surface area contributed by atoms with Gasteiger partial charge in [0.2, 0.25) is 0 Å². The maximum Gasteiger partial charge on any atom is 0.342 e. The first-order valence-electron chi connectivity index (χ1n) is 8.56. The lowest BCUT2D eigenvalue weighted by Gasteiger charge is -2.29. The number of sulfone groups is 1. The number of aromatic hydroxyl groups is 1. The van der Waals surface area contributed by atoms with Crippen LogP contribution in [-0.2, 0) is 19.4 Å². The summed E-state index contributed by atoms with van der Waals surface area (Å²) in [5, 5.41) is 9.93. The summed E-state index contributed by atoms with van der Waals surface area (Å²) >= 11 is 0. The van der Waals surface area contributed by atoms with Gasteiger partial charge in [-0.05, 0) is 30.9 Å². The van der Waals surface area contributed by atoms with Crippen LogP contribution in [0.15, 0.2) is 18.2 Å². The van der Waals surface area contributed by atoms with Gasteiger partial charge in [0.25, 0.3) is 5.91 Å². The van der Waals surface area contributed by atoms with E-state index in [0.29, 0.717) is 18.5 Å². The number of benzene rings is 1. The molecule has 1 heterocycles. The van der Waals surface area contributed by atoms with Crippen molar-refractivity contribution in [1.82, 2.24) is 4.90 Å². The van der Waals surface area contributed by atoms with Crippen LogP contribution in [0.2, 0.25) is 0 Å². The largest absolute Gasteiger partial charge is 0.507 e. The highest BCUT2D eigenvalue weighted by molar-refractivity contribution is 7.91. The van der Waals surface area contributed by atoms with Gasteiger partial charge in [0.15, 0.2) is 16.4 Å². The molecule has 8 heteroatoms. The van der Waals surface area contributed by atoms with E-state index in [1.807, 2.05) is 13.8 Å². The molecule has 1 amide bonds. The van der Waals surface area contributed by atoms with Crippen molar-refractivity contribution in [1.29, 1.82) is 0 Å². The maximum atomic E-state index is 12.6. The van der Waals surface area contributed by atoms with E-state index < -0.39 is 28.3 Å². The molecule has 0 radical (unpaired) electrons. The second-order valence-electron chi connectivity index (χ2n) is 7.04. The predicted octanol–water partition coefficient (Wildman–Crippen LogP) is 1.53. The molecular weight excluding hydrogens is 358 g/mol. The summed E-state index contributed by atoms with van der Waals surface area (Å²) in [5.41, 5.74) is 0.528. The van der Waals surface area contributed by atoms with Gasteiger partial charge in [0.1, 0.15) is 11.3 Å². The van der Waals surface area contributed by atoms with Crippen LogP contribution in [0.5, 0.6) is 5.75 Å². The molecule has 1 aromatic carbocycles. The Morgan fingerprint density at radius 2 is 2.04 bits per heavy atom. The molecule has 1 atom stereocenters. The quantitative estimate of drug-likeness (QED) is 0.748. The third kappa shape index (κ3) is 4.97. The van der Waals surface area contributed by atoms with Crippen molar-refractivity contribution >= 4 is 21.7 Å². The Balaban J connectivity index is 2.05. The molecule has 1 N–H and O–H groups in total. The smallest absolute Gasteiger partial charge is 0.342 e. The average Bonchev–Trinajstić information content (AvgIpc) is 2.92. The Morgan fingerprint density at radius 3 is 2.62 bits per heavy atom. The van der Waals surface area contributed by atoms with Crippen LogP contribution in [-0.4, -0.2) is 61.0 Å². The molecular formula is C18H25NO6S. The first-order valence-corrected chi connectivity index (χ1v) is 10.4. The number of para-hydroxylation sites is 1. The highest BCUT2D eigenvalue weighted by atomic mass is 32.2. The van der Waals surface area contributed by atoms with Crippen LogP contribution in [0.3, 0.4) is 0 Å². The van der Waals surface area contributed by atoms with E-state index in [1.165, 1.54) is 11.0 Å². The number of carbonyl (C=O) groups excluding carboxylic acids is 2. The van der Waals surface area contributed by atoms with E-state index in [1.54, 1.807) is 19.1 Å². The standard InChI is InChI=1S/C18H25NO6S/c1-12(2)9-19(14-7-8-26(23,24)11-14)16(20)10-25-18(22)15-6-4-5-13(3)17(15)21/h4-6,12,14,21H,7-11H2,1-3H3. The van der Waals surface area contributed by atoms with Crippen molar-refractivity contribution in [2.45, 2.75) is 33.2 Å². The van der Waals surface area contributed by atoms with Crippen LogP contribution in [0.4, 0.5) is 0 Å². The fourth-order valence-electron chi connectivity index (χ4n) is 2.98. The van der Waals surface area contributed by atoms with E-state index in [9.17, 15) is 23.1 Å². The number of aryl methyl sites for hydroxylation is 1. The fraction of sp³-hybridized carbons (Fsp3) is 0.556. The van der Waals surface area contributed by atoms with E-state index in [-0.39, 0.29) is 34.8 Å². The predicted molar refractivity (Wildman–Crippen MR) is 96.7 cm³/mol. The van der Waals surface area contributed by atoms with Gasteiger partial charge in [0.05, 0.1) is 11.5 Å². The SMILES string of the molecule is Cc1cccc(C(=O)OCC(=O)N(CC(C)C)C2CCS(=O)(=O)C2)c1O. The van der Waals surface area contributed by atoms with E-state index in [0.717, 1.165) is 0 Å². The van der Waals surface area contributed by atoms with E-state index in [4.69, 9.17) is 4.74 Å². The minimum Gasteiger partial charge on any atom is -0.507 e. The van der Waals surface area contributed by atoms with Gasteiger partial charge in [-0.15, -0.1) is 0 Å². The third-order valence-corrected chi connectivity index (χ3v) is 6.07. The van der Waals surface area contributed by atoms with Gasteiger partial charge < -0.3 is 14.7 Å². The second-order valence-corrected chi connectivity index (χ2v) is 9.27. The molecule has 0 spiro atoms. The number of rotatable bonds is 6. The molecule has 0 bridgehead atoms. The fourth-order valence-corrected chi connectivity index (χ4v) is 4.71. The van der Waals surface area contributed by atoms with Gasteiger partial charge in [-0.25, -0.2) is 13.2 Å². The maximum absolute atomic E-state index is 12.6. The number of amides is 1. The van der Waals surface area contributed by atoms with Gasteiger partial charge in [-0.1, -0.05) is 26.0 Å². The number of esters is 1. The van der Waals surface area contributed by atoms with Crippen molar-refractivity contribution in [3.05, 3.63) is 29.3 Å². The van der Waals surface area contributed by atoms with E-state index in [2.05, 4.69) is 0 Å². The minimum atomic E-state index is -3.13. The van der Waals surface area contributed by atoms with Gasteiger partial charge >= 0.3 is 5.97 Å². The molecule has 0 saturated carbocycles. The van der Waals surface area contributed by atoms with Gasteiger partial charge in [-0.2, -0.15) is 0 Å². The van der Waals surface area contributed by atoms with Crippen LogP contribution < -0.4 is 0 Å². The van der Waals surface area contributed by atoms with Crippen molar-refractivity contribution in [2.24, 2.45) is 5.92 Å². The first-order chi connectivity index (χ1) is 12.1. The Kier molecular flexibility index (Phi) is 6.28. The summed E-state index contributed by atoms with van der Waals surface area (Å²) in [5.74, 6) is -1.23. The summed E-state index contributed by atoms with van der Waals surface area (Å²) in [6.45, 7) is 5.42. The molecule has 2 rings (SSSR count). The Hall–Kier alpha value is -2.09. The molecule has 26 heavy (non-hydrogen) atoms. The summed E-state index contributed by atoms with van der Waals surface area (Å²) < 4.78 is 28.5. The summed E-state index contributed by atoms with van der Waals surface area (Å²) in [4.78, 5) is 26.2. The zero-order chi connectivity index (χ0) is 19.5. The lowest BCUT2D eigenvalue weighted by atomic mass is 10.1. The molecule has 144 valence electrons. The first kappa shape index (κ1) is 20.2. The number of nitrogens with zero attached hydrogens (tertiary/aromatic N) is 1. The van der Waals surface area contributed by atoms with Gasteiger partial charge in [-0.3, -0.25) is 4.79 Å². The van der Waals surface area contributed by atoms with Crippen LogP contribution in [0.1, 0.15) is 36.2 Å². The Labute approximate surface area is 153 Å². The van der Waals surface area contributed by atoms with E-state index >= 15 is 0 Å². The molecule has 1 saturated heterocycles. The molecule has 1 unspecified atom stereocenters. The molecule has 0 aromatic heterocycles. The van der Waals surface area contributed by atoms with Gasteiger partial charge in [0, 0.05) is 12.6 Å². The van der Waals surface area contributed by atoms with Crippen LogP contribution >= 0.6 is 0 Å². The summed E-state index contributed by atoms with van der Waals surface area (Å²) in [6.07, 6.45) is 0.396. The number of phenols is 1. The molecule has 1 aliphatic heterocycles. The highest BCUT2D eigenvalue weighted by Crippen LogP contribution is 2.23. The zero-order valence-electron chi connectivity index (χ0n) is 15.3. The number of hydrogen-bond acceptors (Lipinski definition) is 6. The minimum absolute atomic E-state index is 0.00310. The molecule has 1 aliphatic rings. The molecule has 7 nitrogen and oxygen atoms in total. The Morgan fingerprint density at radius 1 is 1.35 bits per heavy atom. The lowest BCUT2D eigenvalue weighted by Crippen LogP contribution is -2.45. The van der Waals surface area contributed by atoms with Crippen LogP contribution in [0, 0.1) is 12.8 Å². The van der Waals surface area contributed by atoms with Crippen molar-refractivity contribution in [3.8, 4) is 5.75 Å². The van der Waals surface area contributed by atoms with Crippen molar-refractivity contribution < 1.29 is 27.9 Å². The molecule has 1 fully saturated rings. The number of hydrogen-bond donors (Lipinski definition) is 1. The molecule has 0 aliphatic carbocycles. The summed E-state index contributed by atoms with van der Waals surface area (Å²) in [6, 6.07) is 4.30. The lowest BCUT2D eigenvalue weighted by molar-refractivity contribution is -0.137. The monoisotopic (exact) mass is 383 g/mol. The normalized spacial score (nSPS) is 18.7. The van der Waals surface area contributed by atoms with Crippen LogP contribution in [0.25, 0.3) is 0 Å².